The van der Waals surface area contributed by atoms with Gasteiger partial charge in [-0.2, -0.15) is 5.10 Å². The van der Waals surface area contributed by atoms with Gasteiger partial charge in [0.25, 0.3) is 0 Å². The molecule has 0 aromatic carbocycles. The third kappa shape index (κ3) is 2.69. The van der Waals surface area contributed by atoms with Crippen molar-refractivity contribution >= 4 is 0 Å². The topological polar surface area (TPSA) is 39.1 Å². The highest BCUT2D eigenvalue weighted by Gasteiger charge is 2.22. The molecule has 0 unspecified atom stereocenters. The average Bonchev–Trinajstić information content (AvgIpc) is 2.64. The Hall–Kier alpha value is -0.870. The zero-order valence-corrected chi connectivity index (χ0v) is 11.1. The van der Waals surface area contributed by atoms with Gasteiger partial charge in [0.1, 0.15) is 0 Å². The molecular weight excluding hydrogens is 214 g/mol. The quantitative estimate of drug-likeness (QED) is 0.860. The molecule has 1 aliphatic rings. The van der Waals surface area contributed by atoms with Gasteiger partial charge in [-0.05, 0) is 32.4 Å². The predicted octanol–water partition coefficient (Wildman–Crippen LogP) is 1.38. The van der Waals surface area contributed by atoms with Crippen LogP contribution in [-0.4, -0.2) is 36.6 Å². The third-order valence-electron chi connectivity index (χ3n) is 3.69. The molecule has 0 aliphatic carbocycles. The van der Waals surface area contributed by atoms with Crippen molar-refractivity contribution in [2.75, 3.05) is 26.8 Å². The second-order valence-corrected chi connectivity index (χ2v) is 4.82. The van der Waals surface area contributed by atoms with Crippen LogP contribution in [-0.2, 0) is 18.2 Å². The standard InChI is InChI=1S/C13H23N3O/c1-10-12(4-7-14-2)16(3)15-13(10)11-5-8-17-9-6-11/h11,14H,4-9H2,1-3H3. The Morgan fingerprint density at radius 1 is 1.41 bits per heavy atom. The van der Waals surface area contributed by atoms with Gasteiger partial charge in [0.2, 0.25) is 0 Å². The van der Waals surface area contributed by atoms with Gasteiger partial charge in [0, 0.05) is 44.8 Å². The fourth-order valence-electron chi connectivity index (χ4n) is 2.64. The summed E-state index contributed by atoms with van der Waals surface area (Å²) in [6.07, 6.45) is 3.28. The summed E-state index contributed by atoms with van der Waals surface area (Å²) in [7, 11) is 4.05. The molecule has 2 rings (SSSR count). The first-order valence-corrected chi connectivity index (χ1v) is 6.48. The van der Waals surface area contributed by atoms with Crippen LogP contribution < -0.4 is 5.32 Å². The summed E-state index contributed by atoms with van der Waals surface area (Å²) in [6.45, 7) is 4.98. The Balaban J connectivity index is 2.17. The van der Waals surface area contributed by atoms with Crippen LogP contribution in [0, 0.1) is 6.92 Å². The maximum Gasteiger partial charge on any atom is 0.0689 e. The summed E-state index contributed by atoms with van der Waals surface area (Å²) in [5.41, 5.74) is 4.04. The lowest BCUT2D eigenvalue weighted by molar-refractivity contribution is 0.0843. The van der Waals surface area contributed by atoms with Crippen molar-refractivity contribution in [2.45, 2.75) is 32.1 Å². The van der Waals surface area contributed by atoms with Gasteiger partial charge in [0.15, 0.2) is 0 Å². The maximum atomic E-state index is 5.42. The second kappa shape index (κ2) is 5.65. The zero-order valence-electron chi connectivity index (χ0n) is 11.1. The molecule has 0 atom stereocenters. The van der Waals surface area contributed by atoms with Gasteiger partial charge in [-0.3, -0.25) is 4.68 Å². The number of nitrogens with zero attached hydrogens (tertiary/aromatic N) is 2. The molecule has 0 spiro atoms. The molecule has 17 heavy (non-hydrogen) atoms. The van der Waals surface area contributed by atoms with E-state index in [0.29, 0.717) is 5.92 Å². The summed E-state index contributed by atoms with van der Waals surface area (Å²) in [5, 5.41) is 7.92. The van der Waals surface area contributed by atoms with Crippen molar-refractivity contribution in [3.8, 4) is 0 Å². The van der Waals surface area contributed by atoms with E-state index in [1.54, 1.807) is 0 Å². The molecule has 1 aromatic heterocycles. The highest BCUT2D eigenvalue weighted by atomic mass is 16.5. The summed E-state index contributed by atoms with van der Waals surface area (Å²) in [5.74, 6) is 0.596. The van der Waals surface area contributed by atoms with E-state index in [1.165, 1.54) is 17.0 Å². The van der Waals surface area contributed by atoms with Gasteiger partial charge in [-0.1, -0.05) is 0 Å². The van der Waals surface area contributed by atoms with Crippen LogP contribution in [0.15, 0.2) is 0 Å². The lowest BCUT2D eigenvalue weighted by Crippen LogP contribution is -2.15. The van der Waals surface area contributed by atoms with Gasteiger partial charge in [-0.15, -0.1) is 0 Å². The first kappa shape index (κ1) is 12.6. The van der Waals surface area contributed by atoms with Crippen LogP contribution in [0.25, 0.3) is 0 Å². The van der Waals surface area contributed by atoms with E-state index in [9.17, 15) is 0 Å². The molecular formula is C13H23N3O. The molecule has 0 saturated carbocycles. The molecule has 1 saturated heterocycles. The van der Waals surface area contributed by atoms with Crippen LogP contribution >= 0.6 is 0 Å². The minimum absolute atomic E-state index is 0.596. The summed E-state index contributed by atoms with van der Waals surface area (Å²) in [6, 6.07) is 0. The monoisotopic (exact) mass is 237 g/mol. The Bertz CT molecular complexity index is 367. The molecule has 1 fully saturated rings. The molecule has 0 bridgehead atoms. The van der Waals surface area contributed by atoms with Crippen LogP contribution in [0.5, 0.6) is 0 Å². The fourth-order valence-corrected chi connectivity index (χ4v) is 2.64. The van der Waals surface area contributed by atoms with Crippen LogP contribution in [0.3, 0.4) is 0 Å². The first-order chi connectivity index (χ1) is 8.24. The van der Waals surface area contributed by atoms with E-state index in [0.717, 1.165) is 39.0 Å². The third-order valence-corrected chi connectivity index (χ3v) is 3.69. The molecule has 1 aliphatic heterocycles. The smallest absolute Gasteiger partial charge is 0.0689 e. The number of hydrogen-bond acceptors (Lipinski definition) is 3. The Kier molecular flexibility index (Phi) is 4.18. The van der Waals surface area contributed by atoms with E-state index in [-0.39, 0.29) is 0 Å². The lowest BCUT2D eigenvalue weighted by atomic mass is 9.93. The van der Waals surface area contributed by atoms with E-state index >= 15 is 0 Å². The molecule has 4 heteroatoms. The van der Waals surface area contributed by atoms with Crippen LogP contribution in [0.1, 0.15) is 35.7 Å². The number of rotatable bonds is 4. The number of nitrogens with one attached hydrogen (secondary N) is 1. The van der Waals surface area contributed by atoms with Gasteiger partial charge in [-0.25, -0.2) is 0 Å². The predicted molar refractivity (Wildman–Crippen MR) is 68.4 cm³/mol. The minimum atomic E-state index is 0.596. The molecule has 2 heterocycles. The largest absolute Gasteiger partial charge is 0.381 e. The van der Waals surface area contributed by atoms with Crippen molar-refractivity contribution in [3.05, 3.63) is 17.0 Å². The maximum absolute atomic E-state index is 5.42. The van der Waals surface area contributed by atoms with Crippen molar-refractivity contribution < 1.29 is 4.74 Å². The first-order valence-electron chi connectivity index (χ1n) is 6.48. The van der Waals surface area contributed by atoms with Gasteiger partial charge in [0.05, 0.1) is 5.69 Å². The number of ether oxygens (including phenoxy) is 1. The van der Waals surface area contributed by atoms with Gasteiger partial charge >= 0.3 is 0 Å². The fraction of sp³-hybridized carbons (Fsp3) is 0.769. The second-order valence-electron chi connectivity index (χ2n) is 4.82. The number of aromatic nitrogens is 2. The number of likely N-dealkylation sites (N-methyl/N-ethyl adjacent to an activating group) is 1. The highest BCUT2D eigenvalue weighted by Crippen LogP contribution is 2.29. The average molecular weight is 237 g/mol. The minimum Gasteiger partial charge on any atom is -0.381 e. The molecule has 1 aromatic rings. The Morgan fingerprint density at radius 3 is 2.76 bits per heavy atom. The number of aryl methyl sites for hydroxylation is 1. The summed E-state index contributed by atoms with van der Waals surface area (Å²) in [4.78, 5) is 0. The van der Waals surface area contributed by atoms with Crippen molar-refractivity contribution in [1.82, 2.24) is 15.1 Å². The summed E-state index contributed by atoms with van der Waals surface area (Å²) >= 11 is 0. The lowest BCUT2D eigenvalue weighted by Gasteiger charge is -2.20. The normalized spacial score (nSPS) is 17.6. The van der Waals surface area contributed by atoms with E-state index in [4.69, 9.17) is 9.84 Å². The van der Waals surface area contributed by atoms with E-state index in [2.05, 4.69) is 24.0 Å². The molecule has 96 valence electrons. The van der Waals surface area contributed by atoms with Crippen molar-refractivity contribution in [3.63, 3.8) is 0 Å². The molecule has 0 radical (unpaired) electrons. The van der Waals surface area contributed by atoms with Crippen LogP contribution in [0.4, 0.5) is 0 Å². The SMILES string of the molecule is CNCCc1c(C)c(C2CCOCC2)nn1C. The summed E-state index contributed by atoms with van der Waals surface area (Å²) < 4.78 is 7.47. The van der Waals surface area contributed by atoms with Crippen molar-refractivity contribution in [2.24, 2.45) is 7.05 Å². The Morgan fingerprint density at radius 2 is 2.12 bits per heavy atom. The molecule has 0 amide bonds. The highest BCUT2D eigenvalue weighted by molar-refractivity contribution is 5.28. The molecule has 4 nitrogen and oxygen atoms in total. The van der Waals surface area contributed by atoms with Crippen LogP contribution in [0.2, 0.25) is 0 Å². The number of hydrogen-bond donors (Lipinski definition) is 1. The zero-order chi connectivity index (χ0) is 12.3. The van der Waals surface area contributed by atoms with E-state index in [1.807, 2.05) is 7.05 Å². The van der Waals surface area contributed by atoms with Crippen molar-refractivity contribution in [1.29, 1.82) is 0 Å². The van der Waals surface area contributed by atoms with Gasteiger partial charge < -0.3 is 10.1 Å². The Labute approximate surface area is 103 Å². The molecule has 1 N–H and O–H groups in total. The van der Waals surface area contributed by atoms with E-state index < -0.39 is 0 Å².